The number of hydrogen-bond acceptors (Lipinski definition) is 6. The summed E-state index contributed by atoms with van der Waals surface area (Å²) in [5.74, 6) is 0.602. The highest BCUT2D eigenvalue weighted by atomic mass is 16.5. The number of anilines is 1. The highest BCUT2D eigenvalue weighted by Gasteiger charge is 2.24. The maximum atomic E-state index is 8.75. The van der Waals surface area contributed by atoms with Gasteiger partial charge in [-0.1, -0.05) is 12.1 Å². The molecule has 1 aromatic rings. The van der Waals surface area contributed by atoms with Crippen molar-refractivity contribution in [3.63, 3.8) is 0 Å². The van der Waals surface area contributed by atoms with E-state index in [4.69, 9.17) is 15.7 Å². The lowest BCUT2D eigenvalue weighted by molar-refractivity contribution is 0.0921. The fraction of sp³-hybridized carbons (Fsp3) is 0.583. The van der Waals surface area contributed by atoms with E-state index in [-0.39, 0.29) is 11.9 Å². The number of ether oxygens (including phenoxy) is 1. The quantitative estimate of drug-likeness (QED) is 0.357. The zero-order valence-corrected chi connectivity index (χ0v) is 11.2. The van der Waals surface area contributed by atoms with Gasteiger partial charge in [0.25, 0.3) is 0 Å². The van der Waals surface area contributed by atoms with E-state index in [9.17, 15) is 0 Å². The average molecular weight is 265 g/mol. The first-order valence-corrected chi connectivity index (χ1v) is 6.33. The van der Waals surface area contributed by atoms with Gasteiger partial charge in [0.05, 0.1) is 19.3 Å². The van der Waals surface area contributed by atoms with Crippen molar-refractivity contribution in [3.05, 3.63) is 17.5 Å². The monoisotopic (exact) mass is 265 g/mol. The van der Waals surface area contributed by atoms with E-state index in [1.54, 1.807) is 6.07 Å². The van der Waals surface area contributed by atoms with Gasteiger partial charge in [-0.15, -0.1) is 0 Å². The summed E-state index contributed by atoms with van der Waals surface area (Å²) in [6.07, 6.45) is 0.955. The summed E-state index contributed by atoms with van der Waals surface area (Å²) in [5, 5.41) is 11.7. The van der Waals surface area contributed by atoms with Gasteiger partial charge < -0.3 is 20.6 Å². The smallest absolute Gasteiger partial charge is 0.226 e. The summed E-state index contributed by atoms with van der Waals surface area (Å²) in [6, 6.07) is 1.95. The van der Waals surface area contributed by atoms with Crippen molar-refractivity contribution in [3.8, 4) is 0 Å². The van der Waals surface area contributed by atoms with Crippen LogP contribution in [0.15, 0.2) is 11.2 Å². The van der Waals surface area contributed by atoms with Crippen LogP contribution in [0.5, 0.6) is 0 Å². The summed E-state index contributed by atoms with van der Waals surface area (Å²) >= 11 is 0. The number of rotatable bonds is 3. The molecule has 7 heteroatoms. The molecule has 0 amide bonds. The third-order valence-electron chi connectivity index (χ3n) is 3.17. The first-order valence-electron chi connectivity index (χ1n) is 6.33. The van der Waals surface area contributed by atoms with Crippen molar-refractivity contribution in [1.82, 2.24) is 9.97 Å². The SMILES string of the molecule is CCC1COCCN1c1nc(C)cc(/C(N)=N/O)n1. The molecule has 1 atom stereocenters. The number of aryl methyl sites for hydroxylation is 1. The molecule has 0 spiro atoms. The Morgan fingerprint density at radius 2 is 2.42 bits per heavy atom. The lowest BCUT2D eigenvalue weighted by atomic mass is 10.2. The molecule has 0 bridgehead atoms. The van der Waals surface area contributed by atoms with Crippen molar-refractivity contribution < 1.29 is 9.94 Å². The number of nitrogens with two attached hydrogens (primary N) is 1. The van der Waals surface area contributed by atoms with Gasteiger partial charge in [-0.2, -0.15) is 0 Å². The van der Waals surface area contributed by atoms with Crippen LogP contribution >= 0.6 is 0 Å². The van der Waals surface area contributed by atoms with E-state index in [2.05, 4.69) is 26.9 Å². The molecule has 104 valence electrons. The number of morpholine rings is 1. The Kier molecular flexibility index (Phi) is 4.16. The standard InChI is InChI=1S/C12H19N5O2/c1-3-9-7-19-5-4-17(9)12-14-8(2)6-10(15-12)11(13)16-18/h6,9,18H,3-5,7H2,1-2H3,(H2,13,16). The second kappa shape index (κ2) is 5.83. The van der Waals surface area contributed by atoms with Crippen molar-refractivity contribution in [2.24, 2.45) is 10.9 Å². The molecule has 7 nitrogen and oxygen atoms in total. The summed E-state index contributed by atoms with van der Waals surface area (Å²) in [7, 11) is 0. The van der Waals surface area contributed by atoms with E-state index >= 15 is 0 Å². The van der Waals surface area contributed by atoms with Crippen molar-refractivity contribution in [1.29, 1.82) is 0 Å². The molecule has 0 radical (unpaired) electrons. The zero-order valence-electron chi connectivity index (χ0n) is 11.2. The van der Waals surface area contributed by atoms with Gasteiger partial charge in [0.2, 0.25) is 5.95 Å². The summed E-state index contributed by atoms with van der Waals surface area (Å²) < 4.78 is 5.47. The number of hydrogen-bond donors (Lipinski definition) is 2. The van der Waals surface area contributed by atoms with Gasteiger partial charge in [0, 0.05) is 12.2 Å². The Balaban J connectivity index is 2.35. The Morgan fingerprint density at radius 1 is 1.63 bits per heavy atom. The van der Waals surface area contributed by atoms with Crippen molar-refractivity contribution >= 4 is 11.8 Å². The van der Waals surface area contributed by atoms with Gasteiger partial charge in [0.15, 0.2) is 5.84 Å². The number of aromatic nitrogens is 2. The first-order chi connectivity index (χ1) is 9.15. The molecule has 0 aromatic carbocycles. The van der Waals surface area contributed by atoms with Crippen LogP contribution in [0.2, 0.25) is 0 Å². The van der Waals surface area contributed by atoms with Crippen LogP contribution in [0.1, 0.15) is 24.7 Å². The number of oxime groups is 1. The van der Waals surface area contributed by atoms with E-state index in [1.165, 1.54) is 0 Å². The first kappa shape index (κ1) is 13.5. The third-order valence-corrected chi connectivity index (χ3v) is 3.17. The molecule has 1 aromatic heterocycles. The molecule has 2 rings (SSSR count). The van der Waals surface area contributed by atoms with Crippen LogP contribution in [0.3, 0.4) is 0 Å². The average Bonchev–Trinajstić information content (AvgIpc) is 2.45. The number of nitrogens with zero attached hydrogens (tertiary/aromatic N) is 4. The molecule has 1 saturated heterocycles. The number of amidine groups is 1. The van der Waals surface area contributed by atoms with Gasteiger partial charge in [-0.3, -0.25) is 0 Å². The lowest BCUT2D eigenvalue weighted by Crippen LogP contribution is -2.46. The normalized spacial score (nSPS) is 20.6. The highest BCUT2D eigenvalue weighted by molar-refractivity contribution is 5.95. The van der Waals surface area contributed by atoms with Crippen LogP contribution in [0.4, 0.5) is 5.95 Å². The molecule has 0 saturated carbocycles. The largest absolute Gasteiger partial charge is 0.409 e. The molecular formula is C12H19N5O2. The molecule has 2 heterocycles. The van der Waals surface area contributed by atoms with E-state index in [0.717, 1.165) is 18.7 Å². The van der Waals surface area contributed by atoms with E-state index in [0.29, 0.717) is 24.9 Å². The second-order valence-electron chi connectivity index (χ2n) is 4.51. The fourth-order valence-corrected chi connectivity index (χ4v) is 2.12. The Bertz CT molecular complexity index is 477. The van der Waals surface area contributed by atoms with Crippen molar-refractivity contribution in [2.75, 3.05) is 24.7 Å². The summed E-state index contributed by atoms with van der Waals surface area (Å²) in [6.45, 7) is 6.05. The topological polar surface area (TPSA) is 96.9 Å². The lowest BCUT2D eigenvalue weighted by Gasteiger charge is -2.35. The molecular weight excluding hydrogens is 246 g/mol. The van der Waals surface area contributed by atoms with Gasteiger partial charge in [0.1, 0.15) is 5.69 Å². The predicted octanol–water partition coefficient (Wildman–Crippen LogP) is 0.495. The predicted molar refractivity (Wildman–Crippen MR) is 71.5 cm³/mol. The Hall–Kier alpha value is -1.89. The van der Waals surface area contributed by atoms with E-state index < -0.39 is 0 Å². The Labute approximate surface area is 112 Å². The molecule has 1 unspecified atom stereocenters. The molecule has 0 aliphatic carbocycles. The molecule has 1 aliphatic rings. The van der Waals surface area contributed by atoms with Gasteiger partial charge in [-0.25, -0.2) is 9.97 Å². The van der Waals surface area contributed by atoms with Crippen LogP contribution in [0, 0.1) is 6.92 Å². The molecule has 3 N–H and O–H groups in total. The maximum Gasteiger partial charge on any atom is 0.226 e. The third kappa shape index (κ3) is 2.93. The highest BCUT2D eigenvalue weighted by Crippen LogP contribution is 2.18. The van der Waals surface area contributed by atoms with Crippen LogP contribution in [-0.2, 0) is 4.74 Å². The van der Waals surface area contributed by atoms with Gasteiger partial charge >= 0.3 is 0 Å². The van der Waals surface area contributed by atoms with E-state index in [1.807, 2.05) is 6.92 Å². The minimum atomic E-state index is -0.00643. The van der Waals surface area contributed by atoms with Crippen LogP contribution in [-0.4, -0.2) is 46.8 Å². The molecule has 1 fully saturated rings. The minimum absolute atomic E-state index is 0.00643. The van der Waals surface area contributed by atoms with Crippen molar-refractivity contribution in [2.45, 2.75) is 26.3 Å². The Morgan fingerprint density at radius 3 is 3.11 bits per heavy atom. The maximum absolute atomic E-state index is 8.75. The zero-order chi connectivity index (χ0) is 13.8. The van der Waals surface area contributed by atoms with Crippen LogP contribution < -0.4 is 10.6 Å². The fourth-order valence-electron chi connectivity index (χ4n) is 2.12. The van der Waals surface area contributed by atoms with Gasteiger partial charge in [-0.05, 0) is 19.4 Å². The second-order valence-corrected chi connectivity index (χ2v) is 4.51. The molecule has 1 aliphatic heterocycles. The van der Waals surface area contributed by atoms with Crippen LogP contribution in [0.25, 0.3) is 0 Å². The summed E-state index contributed by atoms with van der Waals surface area (Å²) in [5.41, 5.74) is 6.82. The molecule has 19 heavy (non-hydrogen) atoms. The minimum Gasteiger partial charge on any atom is -0.409 e. The summed E-state index contributed by atoms with van der Waals surface area (Å²) in [4.78, 5) is 10.9.